The van der Waals surface area contributed by atoms with Gasteiger partial charge in [-0.05, 0) is 58.7 Å². The number of nitrogens with zero attached hydrogens (tertiary/aromatic N) is 2. The van der Waals surface area contributed by atoms with Crippen LogP contribution in [-0.2, 0) is 5.41 Å². The zero-order valence-electron chi connectivity index (χ0n) is 27.4. The molecule has 0 fully saturated rings. The highest BCUT2D eigenvalue weighted by Gasteiger charge is 2.52. The maximum absolute atomic E-state index is 6.63. The number of hydrogen-bond acceptors (Lipinski definition) is 4. The van der Waals surface area contributed by atoms with Crippen LogP contribution in [0.1, 0.15) is 22.3 Å². The Kier molecular flexibility index (Phi) is 5.84. The molecule has 0 atom stereocenters. The zero-order chi connectivity index (χ0) is 33.5. The van der Waals surface area contributed by atoms with Gasteiger partial charge in [0.25, 0.3) is 0 Å². The van der Waals surface area contributed by atoms with Crippen LogP contribution in [0.15, 0.2) is 174 Å². The first kappa shape index (κ1) is 28.1. The number of hydrogen-bond donors (Lipinski definition) is 0. The standard InChI is InChI=1S/C47H28N2O2/c1-3-14-29(15-4-1)39-28-40(49-46(48-39)30-16-5-2-6-17-30)32-19-13-22-37-45(32)34-26-33-31-18-7-10-23-41(31)50-44(33)27-38(34)47(37)35-20-8-11-24-42(35)51-43-25-12-9-21-36(43)47/h1-28H. The Morgan fingerprint density at radius 3 is 1.80 bits per heavy atom. The van der Waals surface area contributed by atoms with Crippen molar-refractivity contribution in [3.63, 3.8) is 0 Å². The average Bonchev–Trinajstić information content (AvgIpc) is 3.71. The van der Waals surface area contributed by atoms with Crippen molar-refractivity contribution in [2.45, 2.75) is 5.41 Å². The number of aromatic nitrogens is 2. The van der Waals surface area contributed by atoms with E-state index in [1.54, 1.807) is 0 Å². The quantitative estimate of drug-likeness (QED) is 0.191. The van der Waals surface area contributed by atoms with E-state index in [0.29, 0.717) is 5.82 Å². The van der Waals surface area contributed by atoms with Crippen molar-refractivity contribution < 1.29 is 9.15 Å². The van der Waals surface area contributed by atoms with Gasteiger partial charge in [-0.1, -0.05) is 133 Å². The van der Waals surface area contributed by atoms with Crippen LogP contribution in [0.25, 0.3) is 67.0 Å². The Hall–Kier alpha value is -6.78. The van der Waals surface area contributed by atoms with Crippen LogP contribution < -0.4 is 4.74 Å². The number of fused-ring (bicyclic) bond motifs is 12. The summed E-state index contributed by atoms with van der Waals surface area (Å²) in [4.78, 5) is 10.4. The topological polar surface area (TPSA) is 48.2 Å². The van der Waals surface area contributed by atoms with E-state index < -0.39 is 5.41 Å². The first-order valence-electron chi connectivity index (χ1n) is 17.2. The van der Waals surface area contributed by atoms with Crippen molar-refractivity contribution in [1.82, 2.24) is 9.97 Å². The second kappa shape index (κ2) is 10.6. The third kappa shape index (κ3) is 3.96. The predicted molar refractivity (Wildman–Crippen MR) is 203 cm³/mol. The molecule has 2 aromatic heterocycles. The van der Waals surface area contributed by atoms with Crippen LogP contribution in [0.3, 0.4) is 0 Å². The van der Waals surface area contributed by atoms with E-state index in [1.807, 2.05) is 48.5 Å². The largest absolute Gasteiger partial charge is 0.457 e. The van der Waals surface area contributed by atoms with Crippen molar-refractivity contribution in [3.05, 3.63) is 192 Å². The van der Waals surface area contributed by atoms with Gasteiger partial charge in [-0.3, -0.25) is 0 Å². The van der Waals surface area contributed by atoms with E-state index in [4.69, 9.17) is 19.1 Å². The van der Waals surface area contributed by atoms with Gasteiger partial charge in [-0.15, -0.1) is 0 Å². The minimum atomic E-state index is -0.656. The van der Waals surface area contributed by atoms with Crippen molar-refractivity contribution in [3.8, 4) is 56.5 Å². The summed E-state index contributed by atoms with van der Waals surface area (Å²) in [6.45, 7) is 0. The molecule has 4 nitrogen and oxygen atoms in total. The monoisotopic (exact) mass is 652 g/mol. The third-order valence-corrected chi connectivity index (χ3v) is 10.6. The summed E-state index contributed by atoms with van der Waals surface area (Å²) >= 11 is 0. The molecule has 0 bridgehead atoms. The molecule has 1 aliphatic heterocycles. The zero-order valence-corrected chi connectivity index (χ0v) is 27.4. The minimum Gasteiger partial charge on any atom is -0.457 e. The Balaban J connectivity index is 1.28. The fourth-order valence-corrected chi connectivity index (χ4v) is 8.44. The Morgan fingerprint density at radius 1 is 0.412 bits per heavy atom. The van der Waals surface area contributed by atoms with Crippen molar-refractivity contribution >= 4 is 21.9 Å². The van der Waals surface area contributed by atoms with Gasteiger partial charge in [0.15, 0.2) is 5.82 Å². The minimum absolute atomic E-state index is 0.656. The first-order chi connectivity index (χ1) is 25.3. The maximum atomic E-state index is 6.63. The second-order valence-corrected chi connectivity index (χ2v) is 13.3. The van der Waals surface area contributed by atoms with Gasteiger partial charge in [-0.25, -0.2) is 9.97 Å². The van der Waals surface area contributed by atoms with E-state index in [1.165, 1.54) is 11.1 Å². The molecule has 0 radical (unpaired) electrons. The normalized spacial score (nSPS) is 13.4. The molecule has 0 saturated heterocycles. The van der Waals surface area contributed by atoms with Gasteiger partial charge in [0.2, 0.25) is 0 Å². The molecule has 9 aromatic rings. The summed E-state index contributed by atoms with van der Waals surface area (Å²) in [6, 6.07) is 59.2. The average molecular weight is 653 g/mol. The molecule has 2 aliphatic rings. The Labute approximate surface area is 294 Å². The van der Waals surface area contributed by atoms with Crippen LogP contribution in [-0.4, -0.2) is 9.97 Å². The van der Waals surface area contributed by atoms with Gasteiger partial charge in [0, 0.05) is 38.6 Å². The number of ether oxygens (including phenoxy) is 1. The van der Waals surface area contributed by atoms with Crippen LogP contribution >= 0.6 is 0 Å². The molecular formula is C47H28N2O2. The molecule has 238 valence electrons. The molecule has 1 spiro atoms. The predicted octanol–water partition coefficient (Wildman–Crippen LogP) is 11.8. The molecule has 0 saturated carbocycles. The van der Waals surface area contributed by atoms with Crippen molar-refractivity contribution in [2.75, 3.05) is 0 Å². The summed E-state index contributed by atoms with van der Waals surface area (Å²) in [5, 5.41) is 2.19. The number of para-hydroxylation sites is 3. The molecule has 3 heterocycles. The lowest BCUT2D eigenvalue weighted by Gasteiger charge is -2.39. The highest BCUT2D eigenvalue weighted by molar-refractivity contribution is 6.09. The van der Waals surface area contributed by atoms with Gasteiger partial charge in [0.05, 0.1) is 16.8 Å². The number of rotatable bonds is 3. The SMILES string of the molecule is c1ccc(-c2cc(-c3cccc4c3-c3cc5c(cc3C43c4ccccc4Oc4ccccc43)oc3ccccc35)nc(-c3ccccc3)n2)cc1. The molecule has 0 amide bonds. The molecular weight excluding hydrogens is 625 g/mol. The highest BCUT2D eigenvalue weighted by Crippen LogP contribution is 2.64. The first-order valence-corrected chi connectivity index (χ1v) is 17.2. The van der Waals surface area contributed by atoms with Crippen molar-refractivity contribution in [2.24, 2.45) is 0 Å². The lowest BCUT2D eigenvalue weighted by atomic mass is 9.66. The highest BCUT2D eigenvalue weighted by atomic mass is 16.5. The fraction of sp³-hybridized carbons (Fsp3) is 0.0213. The van der Waals surface area contributed by atoms with Crippen LogP contribution in [0.2, 0.25) is 0 Å². The van der Waals surface area contributed by atoms with E-state index in [9.17, 15) is 0 Å². The van der Waals surface area contributed by atoms with Gasteiger partial charge in [0.1, 0.15) is 22.7 Å². The maximum Gasteiger partial charge on any atom is 0.160 e. The number of benzene rings is 7. The lowest BCUT2D eigenvalue weighted by molar-refractivity contribution is 0.436. The molecule has 0 unspecified atom stereocenters. The van der Waals surface area contributed by atoms with Crippen LogP contribution in [0, 0.1) is 0 Å². The summed E-state index contributed by atoms with van der Waals surface area (Å²) < 4.78 is 13.2. The summed E-state index contributed by atoms with van der Waals surface area (Å²) in [6.07, 6.45) is 0. The summed E-state index contributed by atoms with van der Waals surface area (Å²) in [5.41, 5.74) is 12.8. The van der Waals surface area contributed by atoms with E-state index >= 15 is 0 Å². The smallest absolute Gasteiger partial charge is 0.160 e. The molecule has 1 aliphatic carbocycles. The molecule has 7 aromatic carbocycles. The Bertz CT molecular complexity index is 2730. The van der Waals surface area contributed by atoms with Gasteiger partial charge in [-0.2, -0.15) is 0 Å². The molecule has 11 rings (SSSR count). The van der Waals surface area contributed by atoms with E-state index in [2.05, 4.69) is 121 Å². The second-order valence-electron chi connectivity index (χ2n) is 13.3. The molecule has 51 heavy (non-hydrogen) atoms. The van der Waals surface area contributed by atoms with E-state index in [-0.39, 0.29) is 0 Å². The number of furan rings is 1. The van der Waals surface area contributed by atoms with E-state index in [0.717, 1.165) is 83.8 Å². The molecule has 4 heteroatoms. The summed E-state index contributed by atoms with van der Waals surface area (Å²) in [7, 11) is 0. The van der Waals surface area contributed by atoms with Gasteiger partial charge < -0.3 is 9.15 Å². The fourth-order valence-electron chi connectivity index (χ4n) is 8.44. The molecule has 0 N–H and O–H groups in total. The lowest BCUT2D eigenvalue weighted by Crippen LogP contribution is -2.32. The summed E-state index contributed by atoms with van der Waals surface area (Å²) in [5.74, 6) is 2.39. The van der Waals surface area contributed by atoms with Crippen molar-refractivity contribution in [1.29, 1.82) is 0 Å². The van der Waals surface area contributed by atoms with Crippen LogP contribution in [0.5, 0.6) is 11.5 Å². The Morgan fingerprint density at radius 2 is 1.04 bits per heavy atom. The van der Waals surface area contributed by atoms with Gasteiger partial charge >= 0.3 is 0 Å². The third-order valence-electron chi connectivity index (χ3n) is 10.6. The van der Waals surface area contributed by atoms with Crippen LogP contribution in [0.4, 0.5) is 0 Å².